The van der Waals surface area contributed by atoms with Gasteiger partial charge in [-0.15, -0.1) is 0 Å². The first-order chi connectivity index (χ1) is 13.5. The van der Waals surface area contributed by atoms with E-state index in [4.69, 9.17) is 4.42 Å². The Morgan fingerprint density at radius 3 is 2.43 bits per heavy atom. The van der Waals surface area contributed by atoms with Crippen LogP contribution in [0.2, 0.25) is 0 Å². The van der Waals surface area contributed by atoms with E-state index in [9.17, 15) is 4.79 Å². The number of nitrogens with zero attached hydrogens (tertiary/aromatic N) is 3. The number of piperidine rings is 1. The number of aryl methyl sites for hydroxylation is 1. The van der Waals surface area contributed by atoms with Gasteiger partial charge in [0, 0.05) is 38.5 Å². The van der Waals surface area contributed by atoms with E-state index in [2.05, 4.69) is 40.7 Å². The molecule has 0 spiro atoms. The Labute approximate surface area is 171 Å². The molecule has 28 heavy (non-hydrogen) atoms. The highest BCUT2D eigenvalue weighted by Gasteiger charge is 2.23. The second-order valence-corrected chi connectivity index (χ2v) is 8.78. The van der Waals surface area contributed by atoms with Crippen molar-refractivity contribution in [3.63, 3.8) is 0 Å². The van der Waals surface area contributed by atoms with Gasteiger partial charge in [0.15, 0.2) is 0 Å². The fraction of sp³-hybridized carbons (Fsp3) is 0.783. The number of furan rings is 1. The summed E-state index contributed by atoms with van der Waals surface area (Å²) in [6.45, 7) is 15.0. The smallest absolute Gasteiger partial charge is 0.222 e. The van der Waals surface area contributed by atoms with E-state index in [0.29, 0.717) is 11.8 Å². The maximum Gasteiger partial charge on any atom is 0.222 e. The number of likely N-dealkylation sites (N-methyl/N-ethyl adjacent to an activating group) is 1. The molecule has 0 saturated carbocycles. The highest BCUT2D eigenvalue weighted by atomic mass is 16.3. The van der Waals surface area contributed by atoms with Gasteiger partial charge in [-0.3, -0.25) is 4.79 Å². The van der Waals surface area contributed by atoms with Crippen LogP contribution in [0.25, 0.3) is 0 Å². The average molecular weight is 390 g/mol. The Morgan fingerprint density at radius 2 is 1.82 bits per heavy atom. The van der Waals surface area contributed by atoms with Crippen LogP contribution in [0, 0.1) is 12.8 Å². The summed E-state index contributed by atoms with van der Waals surface area (Å²) >= 11 is 0. The topological polar surface area (TPSA) is 39.9 Å². The third kappa shape index (κ3) is 6.08. The highest BCUT2D eigenvalue weighted by molar-refractivity contribution is 5.76. The first-order valence-electron chi connectivity index (χ1n) is 11.3. The van der Waals surface area contributed by atoms with E-state index >= 15 is 0 Å². The lowest BCUT2D eigenvalue weighted by molar-refractivity contribution is -0.133. The summed E-state index contributed by atoms with van der Waals surface area (Å²) in [4.78, 5) is 19.6. The molecule has 1 atom stereocenters. The molecule has 0 aliphatic carbocycles. The Hall–Kier alpha value is -1.33. The summed E-state index contributed by atoms with van der Waals surface area (Å²) in [7, 11) is 0. The summed E-state index contributed by atoms with van der Waals surface area (Å²) in [5, 5.41) is 0. The van der Waals surface area contributed by atoms with E-state index in [1.54, 1.807) is 0 Å². The molecule has 1 aromatic heterocycles. The number of piperazine rings is 1. The number of amides is 1. The molecular weight excluding hydrogens is 350 g/mol. The van der Waals surface area contributed by atoms with Crippen molar-refractivity contribution >= 4 is 5.91 Å². The molecule has 2 saturated heterocycles. The Morgan fingerprint density at radius 1 is 1.11 bits per heavy atom. The normalized spacial score (nSPS) is 21.2. The van der Waals surface area contributed by atoms with Gasteiger partial charge in [-0.1, -0.05) is 13.8 Å². The standard InChI is InChI=1S/C23H39N3O2/c1-4-24-15-17-26(18-16-24)23(27)8-6-21-10-13-25(14-11-21)12-9-19(2)22-7-5-20(3)28-22/h5,7,19,21H,4,6,8-18H2,1-3H3/t19-/m1/s1. The minimum Gasteiger partial charge on any atom is -0.466 e. The van der Waals surface area contributed by atoms with Gasteiger partial charge in [0.1, 0.15) is 11.5 Å². The van der Waals surface area contributed by atoms with Crippen molar-refractivity contribution in [3.05, 3.63) is 23.7 Å². The zero-order chi connectivity index (χ0) is 19.9. The minimum atomic E-state index is 0.376. The third-order valence-electron chi connectivity index (χ3n) is 6.77. The van der Waals surface area contributed by atoms with Gasteiger partial charge < -0.3 is 19.1 Å². The number of rotatable bonds is 8. The number of hydrogen-bond acceptors (Lipinski definition) is 4. The van der Waals surface area contributed by atoms with Gasteiger partial charge >= 0.3 is 0 Å². The summed E-state index contributed by atoms with van der Waals surface area (Å²) < 4.78 is 5.76. The molecule has 5 nitrogen and oxygen atoms in total. The number of likely N-dealkylation sites (tertiary alicyclic amines) is 1. The van der Waals surface area contributed by atoms with Crippen LogP contribution in [-0.2, 0) is 4.79 Å². The van der Waals surface area contributed by atoms with Crippen LogP contribution in [0.3, 0.4) is 0 Å². The second-order valence-electron chi connectivity index (χ2n) is 8.78. The van der Waals surface area contributed by atoms with Crippen molar-refractivity contribution in [1.82, 2.24) is 14.7 Å². The fourth-order valence-corrected chi connectivity index (χ4v) is 4.53. The van der Waals surface area contributed by atoms with Crippen LogP contribution in [-0.4, -0.2) is 73.0 Å². The Kier molecular flexibility index (Phi) is 7.98. The zero-order valence-corrected chi connectivity index (χ0v) is 18.2. The molecule has 158 valence electrons. The van der Waals surface area contributed by atoms with Gasteiger partial charge in [0.05, 0.1) is 0 Å². The van der Waals surface area contributed by atoms with Crippen molar-refractivity contribution in [3.8, 4) is 0 Å². The Bertz CT molecular complexity index is 599. The first kappa shape index (κ1) is 21.4. The quantitative estimate of drug-likeness (QED) is 0.679. The van der Waals surface area contributed by atoms with Crippen LogP contribution in [0.1, 0.15) is 63.4 Å². The van der Waals surface area contributed by atoms with E-state index in [1.807, 2.05) is 6.92 Å². The molecule has 0 N–H and O–H groups in total. The van der Waals surface area contributed by atoms with Gasteiger partial charge in [0.25, 0.3) is 0 Å². The molecule has 0 aromatic carbocycles. The maximum atomic E-state index is 12.5. The maximum absolute atomic E-state index is 12.5. The zero-order valence-electron chi connectivity index (χ0n) is 18.2. The van der Waals surface area contributed by atoms with Crippen LogP contribution < -0.4 is 0 Å². The van der Waals surface area contributed by atoms with Gasteiger partial charge in [-0.25, -0.2) is 0 Å². The van der Waals surface area contributed by atoms with E-state index in [-0.39, 0.29) is 0 Å². The van der Waals surface area contributed by atoms with Crippen molar-refractivity contribution in [2.24, 2.45) is 5.92 Å². The molecule has 3 rings (SSSR count). The van der Waals surface area contributed by atoms with Gasteiger partial charge in [0.2, 0.25) is 5.91 Å². The first-order valence-corrected chi connectivity index (χ1v) is 11.3. The lowest BCUT2D eigenvalue weighted by Gasteiger charge is -2.35. The monoisotopic (exact) mass is 389 g/mol. The highest BCUT2D eigenvalue weighted by Crippen LogP contribution is 2.25. The molecule has 2 aliphatic rings. The number of hydrogen-bond donors (Lipinski definition) is 0. The van der Waals surface area contributed by atoms with Crippen LogP contribution in [0.15, 0.2) is 16.5 Å². The SMILES string of the molecule is CCN1CCN(C(=O)CCC2CCN(CC[C@@H](C)c3ccc(C)o3)CC2)CC1. The van der Waals surface area contributed by atoms with Gasteiger partial charge in [-0.2, -0.15) is 0 Å². The van der Waals surface area contributed by atoms with Crippen LogP contribution >= 0.6 is 0 Å². The lowest BCUT2D eigenvalue weighted by Crippen LogP contribution is -2.48. The molecule has 0 bridgehead atoms. The molecule has 0 unspecified atom stereocenters. The fourth-order valence-electron chi connectivity index (χ4n) is 4.53. The molecule has 2 fully saturated rings. The molecule has 1 aromatic rings. The number of carbonyl (C=O) groups excluding carboxylic acids is 1. The van der Waals surface area contributed by atoms with E-state index < -0.39 is 0 Å². The van der Waals surface area contributed by atoms with Crippen LogP contribution in [0.5, 0.6) is 0 Å². The van der Waals surface area contributed by atoms with Crippen molar-refractivity contribution in [2.75, 3.05) is 52.4 Å². The largest absolute Gasteiger partial charge is 0.466 e. The van der Waals surface area contributed by atoms with E-state index in [1.165, 1.54) is 25.9 Å². The minimum absolute atomic E-state index is 0.376. The second kappa shape index (κ2) is 10.4. The van der Waals surface area contributed by atoms with Crippen molar-refractivity contribution < 1.29 is 9.21 Å². The molecule has 1 amide bonds. The summed E-state index contributed by atoms with van der Waals surface area (Å²) in [6, 6.07) is 4.17. The van der Waals surface area contributed by atoms with Gasteiger partial charge in [-0.05, 0) is 76.8 Å². The Balaban J connectivity index is 1.29. The molecule has 3 heterocycles. The number of carbonyl (C=O) groups is 1. The summed E-state index contributed by atoms with van der Waals surface area (Å²) in [6.07, 6.45) is 5.45. The van der Waals surface area contributed by atoms with Crippen LogP contribution in [0.4, 0.5) is 0 Å². The summed E-state index contributed by atoms with van der Waals surface area (Å²) in [5.74, 6) is 3.70. The van der Waals surface area contributed by atoms with Crippen molar-refractivity contribution in [2.45, 2.75) is 58.8 Å². The molecule has 2 aliphatic heterocycles. The molecule has 0 radical (unpaired) electrons. The molecule has 5 heteroatoms. The third-order valence-corrected chi connectivity index (χ3v) is 6.77. The predicted molar refractivity (Wildman–Crippen MR) is 114 cm³/mol. The summed E-state index contributed by atoms with van der Waals surface area (Å²) in [5.41, 5.74) is 0. The van der Waals surface area contributed by atoms with E-state index in [0.717, 1.165) is 76.0 Å². The van der Waals surface area contributed by atoms with Crippen molar-refractivity contribution in [1.29, 1.82) is 0 Å². The molecular formula is C23H39N3O2. The lowest BCUT2D eigenvalue weighted by atomic mass is 9.91. The average Bonchev–Trinajstić information content (AvgIpc) is 3.17. The predicted octanol–water partition coefficient (Wildman–Crippen LogP) is 3.74.